The minimum absolute atomic E-state index is 0.0897. The zero-order valence-corrected chi connectivity index (χ0v) is 12.4. The Balaban J connectivity index is 2.18. The van der Waals surface area contributed by atoms with Crippen molar-refractivity contribution in [3.05, 3.63) is 53.3 Å². The number of carbonyl (C=O) groups excluding carboxylic acids is 1. The molecule has 0 N–H and O–H groups in total. The smallest absolute Gasteiger partial charge is 0.164 e. The van der Waals surface area contributed by atoms with Crippen molar-refractivity contribution in [1.29, 1.82) is 0 Å². The van der Waals surface area contributed by atoms with Crippen molar-refractivity contribution in [2.75, 3.05) is 0 Å². The van der Waals surface area contributed by atoms with Crippen LogP contribution in [0.4, 0.5) is 0 Å². The van der Waals surface area contributed by atoms with Crippen LogP contribution in [-0.4, -0.2) is 10.4 Å². The van der Waals surface area contributed by atoms with Crippen molar-refractivity contribution >= 4 is 5.78 Å². The molecule has 0 atom stereocenters. The van der Waals surface area contributed by atoms with Gasteiger partial charge in [0, 0.05) is 29.6 Å². The SMILES string of the molecule is CC(C)(C)c1ccccc1-n1ccc2c1CCCC2=O. The molecule has 0 amide bonds. The lowest BCUT2D eigenvalue weighted by molar-refractivity contribution is 0.0972. The van der Waals surface area contributed by atoms with Gasteiger partial charge in [-0.25, -0.2) is 0 Å². The predicted molar refractivity (Wildman–Crippen MR) is 81.7 cm³/mol. The van der Waals surface area contributed by atoms with Crippen LogP contribution in [-0.2, 0) is 11.8 Å². The number of benzene rings is 1. The summed E-state index contributed by atoms with van der Waals surface area (Å²) in [7, 11) is 0. The second-order valence-corrected chi connectivity index (χ2v) is 6.59. The molecule has 0 aliphatic heterocycles. The van der Waals surface area contributed by atoms with Gasteiger partial charge in [0.2, 0.25) is 0 Å². The number of rotatable bonds is 1. The summed E-state index contributed by atoms with van der Waals surface area (Å²) >= 11 is 0. The van der Waals surface area contributed by atoms with Gasteiger partial charge in [0.25, 0.3) is 0 Å². The Kier molecular flexibility index (Phi) is 3.04. The van der Waals surface area contributed by atoms with Crippen LogP contribution in [0.1, 0.15) is 55.2 Å². The van der Waals surface area contributed by atoms with Gasteiger partial charge in [-0.3, -0.25) is 4.79 Å². The van der Waals surface area contributed by atoms with Gasteiger partial charge in [-0.15, -0.1) is 0 Å². The van der Waals surface area contributed by atoms with E-state index in [0.29, 0.717) is 12.2 Å². The van der Waals surface area contributed by atoms with E-state index in [1.807, 2.05) is 6.07 Å². The lowest BCUT2D eigenvalue weighted by Crippen LogP contribution is -2.17. The van der Waals surface area contributed by atoms with Gasteiger partial charge in [-0.1, -0.05) is 39.0 Å². The third-order valence-electron chi connectivity index (χ3n) is 4.08. The molecule has 0 spiro atoms. The Bertz CT molecular complexity index is 658. The van der Waals surface area contributed by atoms with Crippen LogP contribution in [0.15, 0.2) is 36.5 Å². The Morgan fingerprint density at radius 3 is 2.55 bits per heavy atom. The molecule has 0 fully saturated rings. The van der Waals surface area contributed by atoms with Crippen molar-refractivity contribution in [3.8, 4) is 5.69 Å². The maximum Gasteiger partial charge on any atom is 0.164 e. The average Bonchev–Trinajstić information content (AvgIpc) is 2.83. The van der Waals surface area contributed by atoms with Gasteiger partial charge in [0.15, 0.2) is 5.78 Å². The van der Waals surface area contributed by atoms with E-state index in [2.05, 4.69) is 55.8 Å². The summed E-state index contributed by atoms with van der Waals surface area (Å²) < 4.78 is 2.22. The number of hydrogen-bond acceptors (Lipinski definition) is 1. The molecule has 104 valence electrons. The first kappa shape index (κ1) is 13.2. The van der Waals surface area contributed by atoms with Gasteiger partial charge >= 0.3 is 0 Å². The molecule has 3 rings (SSSR count). The molecule has 2 aromatic rings. The molecule has 1 aromatic heterocycles. The van der Waals surface area contributed by atoms with Crippen molar-refractivity contribution < 1.29 is 4.79 Å². The molecule has 2 nitrogen and oxygen atoms in total. The fraction of sp³-hybridized carbons (Fsp3) is 0.389. The maximum atomic E-state index is 12.0. The van der Waals surface area contributed by atoms with E-state index in [4.69, 9.17) is 0 Å². The maximum absolute atomic E-state index is 12.0. The van der Waals surface area contributed by atoms with E-state index in [0.717, 1.165) is 18.4 Å². The fourth-order valence-corrected chi connectivity index (χ4v) is 3.07. The molecule has 1 aliphatic carbocycles. The lowest BCUT2D eigenvalue weighted by atomic mass is 9.85. The van der Waals surface area contributed by atoms with Crippen LogP contribution in [0.25, 0.3) is 5.69 Å². The summed E-state index contributed by atoms with van der Waals surface area (Å²) in [6.07, 6.45) is 4.70. The number of Topliss-reactive ketones (excluding diaryl/α,β-unsaturated/α-hetero) is 1. The number of ketones is 1. The van der Waals surface area contributed by atoms with Crippen molar-refractivity contribution in [2.45, 2.75) is 45.4 Å². The minimum Gasteiger partial charge on any atom is -0.320 e. The topological polar surface area (TPSA) is 22.0 Å². The quantitative estimate of drug-likeness (QED) is 0.755. The van der Waals surface area contributed by atoms with E-state index in [1.54, 1.807) is 0 Å². The molecular weight excluding hydrogens is 246 g/mol. The first-order valence-corrected chi connectivity index (χ1v) is 7.32. The summed E-state index contributed by atoms with van der Waals surface area (Å²) in [6.45, 7) is 6.69. The third-order valence-corrected chi connectivity index (χ3v) is 4.08. The second-order valence-electron chi connectivity index (χ2n) is 6.59. The van der Waals surface area contributed by atoms with Crippen molar-refractivity contribution in [1.82, 2.24) is 4.57 Å². The number of aromatic nitrogens is 1. The zero-order valence-electron chi connectivity index (χ0n) is 12.4. The van der Waals surface area contributed by atoms with E-state index in [-0.39, 0.29) is 5.41 Å². The fourth-order valence-electron chi connectivity index (χ4n) is 3.07. The number of para-hydroxylation sites is 1. The molecule has 20 heavy (non-hydrogen) atoms. The molecule has 1 aromatic carbocycles. The lowest BCUT2D eigenvalue weighted by Gasteiger charge is -2.25. The number of carbonyl (C=O) groups is 1. The average molecular weight is 267 g/mol. The monoisotopic (exact) mass is 267 g/mol. The first-order valence-electron chi connectivity index (χ1n) is 7.32. The van der Waals surface area contributed by atoms with Crippen LogP contribution < -0.4 is 0 Å². The normalized spacial score (nSPS) is 15.2. The number of hydrogen-bond donors (Lipinski definition) is 0. The van der Waals surface area contributed by atoms with E-state index in [9.17, 15) is 4.79 Å². The largest absolute Gasteiger partial charge is 0.320 e. The number of nitrogens with zero attached hydrogens (tertiary/aromatic N) is 1. The summed E-state index contributed by atoms with van der Waals surface area (Å²) in [5, 5.41) is 0. The van der Waals surface area contributed by atoms with Gasteiger partial charge < -0.3 is 4.57 Å². The standard InChI is InChI=1S/C18H21NO/c1-18(2,3)14-7-4-5-8-16(14)19-12-11-13-15(19)9-6-10-17(13)20/h4-5,7-8,11-12H,6,9-10H2,1-3H3. The van der Waals surface area contributed by atoms with Crippen LogP contribution in [0.2, 0.25) is 0 Å². The predicted octanol–water partition coefficient (Wildman–Crippen LogP) is 4.29. The third kappa shape index (κ3) is 2.09. The van der Waals surface area contributed by atoms with Crippen LogP contribution in [0, 0.1) is 0 Å². The van der Waals surface area contributed by atoms with Crippen LogP contribution in [0.3, 0.4) is 0 Å². The van der Waals surface area contributed by atoms with E-state index >= 15 is 0 Å². The highest BCUT2D eigenvalue weighted by molar-refractivity contribution is 5.98. The molecule has 0 unspecified atom stereocenters. The van der Waals surface area contributed by atoms with E-state index < -0.39 is 0 Å². The Hall–Kier alpha value is -1.83. The Morgan fingerprint density at radius 1 is 1.05 bits per heavy atom. The molecule has 1 heterocycles. The van der Waals surface area contributed by atoms with Crippen molar-refractivity contribution in [2.24, 2.45) is 0 Å². The summed E-state index contributed by atoms with van der Waals surface area (Å²) in [4.78, 5) is 12.0. The van der Waals surface area contributed by atoms with Crippen LogP contribution in [0.5, 0.6) is 0 Å². The summed E-state index contributed by atoms with van der Waals surface area (Å²) in [5.74, 6) is 0.290. The van der Waals surface area contributed by atoms with Gasteiger partial charge in [-0.2, -0.15) is 0 Å². The summed E-state index contributed by atoms with van der Waals surface area (Å²) in [6, 6.07) is 10.5. The molecule has 0 bridgehead atoms. The Labute approximate surface area is 120 Å². The second kappa shape index (κ2) is 4.62. The highest BCUT2D eigenvalue weighted by Gasteiger charge is 2.24. The molecular formula is C18H21NO. The van der Waals surface area contributed by atoms with Crippen LogP contribution >= 0.6 is 0 Å². The molecule has 0 radical (unpaired) electrons. The number of fused-ring (bicyclic) bond motifs is 1. The summed E-state index contributed by atoms with van der Waals surface area (Å²) in [5.41, 5.74) is 4.71. The minimum atomic E-state index is 0.0897. The highest BCUT2D eigenvalue weighted by atomic mass is 16.1. The zero-order chi connectivity index (χ0) is 14.3. The van der Waals surface area contributed by atoms with Gasteiger partial charge in [0.1, 0.15) is 0 Å². The molecule has 2 heteroatoms. The first-order chi connectivity index (χ1) is 9.48. The Morgan fingerprint density at radius 2 is 1.80 bits per heavy atom. The molecule has 0 saturated heterocycles. The van der Waals surface area contributed by atoms with Gasteiger partial charge in [-0.05, 0) is 36.0 Å². The highest BCUT2D eigenvalue weighted by Crippen LogP contribution is 2.32. The molecule has 0 saturated carbocycles. The van der Waals surface area contributed by atoms with Gasteiger partial charge in [0.05, 0.1) is 0 Å². The molecule has 1 aliphatic rings. The van der Waals surface area contributed by atoms with E-state index in [1.165, 1.54) is 16.9 Å². The van der Waals surface area contributed by atoms with Crippen molar-refractivity contribution in [3.63, 3.8) is 0 Å².